The third kappa shape index (κ3) is 3.26. The molecule has 0 aromatic carbocycles. The Labute approximate surface area is 92.7 Å². The van der Waals surface area contributed by atoms with E-state index >= 15 is 0 Å². The Hall–Kier alpha value is -0.990. The molecule has 0 aliphatic heterocycles. The number of anilines is 1. The Morgan fingerprint density at radius 2 is 2.13 bits per heavy atom. The van der Waals surface area contributed by atoms with E-state index in [1.54, 1.807) is 0 Å². The molecule has 15 heavy (non-hydrogen) atoms. The van der Waals surface area contributed by atoms with Crippen LogP contribution in [0.1, 0.15) is 51.3 Å². The zero-order valence-corrected chi connectivity index (χ0v) is 10.4. The van der Waals surface area contributed by atoms with Crippen molar-refractivity contribution < 1.29 is 0 Å². The van der Waals surface area contributed by atoms with Crippen LogP contribution in [0, 0.1) is 6.92 Å². The first-order chi connectivity index (χ1) is 7.19. The Kier molecular flexibility index (Phi) is 4.66. The van der Waals surface area contributed by atoms with Gasteiger partial charge in [-0.1, -0.05) is 26.7 Å². The molecule has 1 atom stereocenters. The molecule has 1 heterocycles. The molecule has 1 aromatic heterocycles. The van der Waals surface area contributed by atoms with Crippen LogP contribution in [0.2, 0.25) is 0 Å². The number of aromatic nitrogens is 2. The summed E-state index contributed by atoms with van der Waals surface area (Å²) in [6, 6.07) is 0.511. The summed E-state index contributed by atoms with van der Waals surface area (Å²) >= 11 is 0. The van der Waals surface area contributed by atoms with Gasteiger partial charge in [0.15, 0.2) is 5.82 Å². The summed E-state index contributed by atoms with van der Waals surface area (Å²) in [7, 11) is 0. The largest absolute Gasteiger partial charge is 0.366 e. The van der Waals surface area contributed by atoms with Crippen LogP contribution in [0.4, 0.5) is 5.82 Å². The molecule has 0 amide bonds. The van der Waals surface area contributed by atoms with Crippen molar-refractivity contribution in [3.63, 3.8) is 0 Å². The van der Waals surface area contributed by atoms with Gasteiger partial charge in [-0.15, -0.1) is 0 Å². The summed E-state index contributed by atoms with van der Waals surface area (Å²) in [6.45, 7) is 8.71. The molecule has 0 saturated carbocycles. The van der Waals surface area contributed by atoms with E-state index in [1.807, 2.05) is 0 Å². The summed E-state index contributed by atoms with van der Waals surface area (Å²) in [6.07, 6.45) is 4.76. The highest BCUT2D eigenvalue weighted by atomic mass is 15.2. The van der Waals surface area contributed by atoms with Crippen LogP contribution in [0.15, 0.2) is 0 Å². The number of aryl methyl sites for hydroxylation is 1. The molecule has 2 N–H and O–H groups in total. The Balaban J connectivity index is 2.52. The van der Waals surface area contributed by atoms with Crippen LogP contribution >= 0.6 is 0 Å². The number of H-pyrrole nitrogens is 1. The molecule has 1 rings (SSSR count). The third-order valence-corrected chi connectivity index (χ3v) is 2.84. The number of aromatic amines is 1. The quantitative estimate of drug-likeness (QED) is 0.755. The summed E-state index contributed by atoms with van der Waals surface area (Å²) in [5.41, 5.74) is 2.50. The summed E-state index contributed by atoms with van der Waals surface area (Å²) in [4.78, 5) is 0. The van der Waals surface area contributed by atoms with Gasteiger partial charge in [0.1, 0.15) is 0 Å². The highest BCUT2D eigenvalue weighted by Gasteiger charge is 2.09. The minimum atomic E-state index is 0.511. The SMILES string of the molecule is CCCCC(C)Nc1n[nH]c(CC)c1C. The minimum Gasteiger partial charge on any atom is -0.366 e. The summed E-state index contributed by atoms with van der Waals surface area (Å²) < 4.78 is 0. The molecule has 0 aliphatic carbocycles. The molecular weight excluding hydrogens is 186 g/mol. The second kappa shape index (κ2) is 5.79. The fourth-order valence-electron chi connectivity index (χ4n) is 1.73. The highest BCUT2D eigenvalue weighted by molar-refractivity contribution is 5.46. The maximum atomic E-state index is 4.30. The lowest BCUT2D eigenvalue weighted by molar-refractivity contribution is 0.642. The van der Waals surface area contributed by atoms with Gasteiger partial charge in [-0.3, -0.25) is 5.10 Å². The maximum Gasteiger partial charge on any atom is 0.151 e. The topological polar surface area (TPSA) is 40.7 Å². The van der Waals surface area contributed by atoms with Crippen LogP contribution < -0.4 is 5.32 Å². The lowest BCUT2D eigenvalue weighted by Crippen LogP contribution is -2.15. The molecule has 0 spiro atoms. The van der Waals surface area contributed by atoms with Crippen molar-refractivity contribution in [2.75, 3.05) is 5.32 Å². The molecular formula is C12H23N3. The third-order valence-electron chi connectivity index (χ3n) is 2.84. The second-order valence-electron chi connectivity index (χ2n) is 4.22. The fraction of sp³-hybridized carbons (Fsp3) is 0.750. The Morgan fingerprint density at radius 3 is 2.67 bits per heavy atom. The predicted molar refractivity (Wildman–Crippen MR) is 65.3 cm³/mol. The van der Waals surface area contributed by atoms with Crippen LogP contribution in [0.5, 0.6) is 0 Å². The van der Waals surface area contributed by atoms with E-state index in [-0.39, 0.29) is 0 Å². The monoisotopic (exact) mass is 209 g/mol. The van der Waals surface area contributed by atoms with Gasteiger partial charge in [-0.2, -0.15) is 5.10 Å². The highest BCUT2D eigenvalue weighted by Crippen LogP contribution is 2.17. The normalized spacial score (nSPS) is 12.8. The smallest absolute Gasteiger partial charge is 0.151 e. The molecule has 3 nitrogen and oxygen atoms in total. The standard InChI is InChI=1S/C12H23N3/c1-5-7-8-9(3)13-12-10(4)11(6-2)14-15-12/h9H,5-8H2,1-4H3,(H2,13,14,15). The first-order valence-electron chi connectivity index (χ1n) is 5.99. The fourth-order valence-corrected chi connectivity index (χ4v) is 1.73. The predicted octanol–water partition coefficient (Wildman–Crippen LogP) is 3.27. The lowest BCUT2D eigenvalue weighted by atomic mass is 10.1. The molecule has 0 fully saturated rings. The van der Waals surface area contributed by atoms with Gasteiger partial charge in [0, 0.05) is 17.3 Å². The zero-order chi connectivity index (χ0) is 11.3. The molecule has 0 bridgehead atoms. The van der Waals surface area contributed by atoms with Gasteiger partial charge < -0.3 is 5.32 Å². The molecule has 0 radical (unpaired) electrons. The van der Waals surface area contributed by atoms with Crippen molar-refractivity contribution in [3.8, 4) is 0 Å². The lowest BCUT2D eigenvalue weighted by Gasteiger charge is -2.13. The summed E-state index contributed by atoms with van der Waals surface area (Å²) in [5, 5.41) is 10.8. The van der Waals surface area contributed by atoms with E-state index < -0.39 is 0 Å². The maximum absolute atomic E-state index is 4.30. The van der Waals surface area contributed by atoms with Gasteiger partial charge >= 0.3 is 0 Å². The van der Waals surface area contributed by atoms with Crippen LogP contribution in [-0.4, -0.2) is 16.2 Å². The minimum absolute atomic E-state index is 0.511. The average molecular weight is 209 g/mol. The molecule has 1 aromatic rings. The van der Waals surface area contributed by atoms with Gasteiger partial charge in [-0.25, -0.2) is 0 Å². The summed E-state index contributed by atoms with van der Waals surface area (Å²) in [5.74, 6) is 1.02. The number of hydrogen-bond donors (Lipinski definition) is 2. The van der Waals surface area contributed by atoms with Gasteiger partial charge in [-0.05, 0) is 26.7 Å². The molecule has 0 aliphatic rings. The van der Waals surface area contributed by atoms with Crippen LogP contribution in [0.3, 0.4) is 0 Å². The molecule has 3 heteroatoms. The number of hydrogen-bond acceptors (Lipinski definition) is 2. The van der Waals surface area contributed by atoms with E-state index in [1.165, 1.54) is 30.5 Å². The first-order valence-corrected chi connectivity index (χ1v) is 5.99. The van der Waals surface area contributed by atoms with Crippen molar-refractivity contribution in [2.24, 2.45) is 0 Å². The molecule has 1 unspecified atom stereocenters. The van der Waals surface area contributed by atoms with E-state index in [9.17, 15) is 0 Å². The number of unbranched alkanes of at least 4 members (excludes halogenated alkanes) is 1. The van der Waals surface area contributed by atoms with E-state index in [2.05, 4.69) is 43.2 Å². The van der Waals surface area contributed by atoms with Crippen LogP contribution in [0.25, 0.3) is 0 Å². The van der Waals surface area contributed by atoms with Crippen LogP contribution in [-0.2, 0) is 6.42 Å². The van der Waals surface area contributed by atoms with Crippen molar-refractivity contribution in [2.45, 2.75) is 59.4 Å². The second-order valence-corrected chi connectivity index (χ2v) is 4.22. The van der Waals surface area contributed by atoms with Gasteiger partial charge in [0.2, 0.25) is 0 Å². The van der Waals surface area contributed by atoms with Crippen molar-refractivity contribution in [1.82, 2.24) is 10.2 Å². The van der Waals surface area contributed by atoms with Gasteiger partial charge in [0.25, 0.3) is 0 Å². The van der Waals surface area contributed by atoms with E-state index in [4.69, 9.17) is 0 Å². The van der Waals surface area contributed by atoms with Crippen molar-refractivity contribution in [3.05, 3.63) is 11.3 Å². The van der Waals surface area contributed by atoms with Gasteiger partial charge in [0.05, 0.1) is 0 Å². The van der Waals surface area contributed by atoms with Crippen molar-refractivity contribution in [1.29, 1.82) is 0 Å². The Bertz CT molecular complexity index is 291. The first kappa shape index (κ1) is 12.1. The Morgan fingerprint density at radius 1 is 1.40 bits per heavy atom. The van der Waals surface area contributed by atoms with E-state index in [0.717, 1.165) is 12.2 Å². The zero-order valence-electron chi connectivity index (χ0n) is 10.4. The number of rotatable bonds is 6. The number of nitrogens with zero attached hydrogens (tertiary/aromatic N) is 1. The average Bonchev–Trinajstić information content (AvgIpc) is 2.57. The van der Waals surface area contributed by atoms with Crippen molar-refractivity contribution >= 4 is 5.82 Å². The number of nitrogens with one attached hydrogen (secondary N) is 2. The molecule has 86 valence electrons. The van der Waals surface area contributed by atoms with E-state index in [0.29, 0.717) is 6.04 Å². The molecule has 0 saturated heterocycles.